The number of rotatable bonds is 4. The van der Waals surface area contributed by atoms with Crippen molar-refractivity contribution in [1.29, 1.82) is 0 Å². The summed E-state index contributed by atoms with van der Waals surface area (Å²) >= 11 is 0. The molecule has 1 amide bonds. The number of carbonyl (C=O) groups excluding carboxylic acids is 1. The maximum Gasteiger partial charge on any atom is 0.410 e. The Bertz CT molecular complexity index is 973. The summed E-state index contributed by atoms with van der Waals surface area (Å²) in [7, 11) is 1.59. The van der Waals surface area contributed by atoms with Crippen LogP contribution in [0.5, 0.6) is 5.75 Å². The van der Waals surface area contributed by atoms with Crippen molar-refractivity contribution < 1.29 is 24.2 Å². The van der Waals surface area contributed by atoms with E-state index in [2.05, 4.69) is 0 Å². The largest absolute Gasteiger partial charge is 0.497 e. The van der Waals surface area contributed by atoms with E-state index in [0.29, 0.717) is 24.3 Å². The summed E-state index contributed by atoms with van der Waals surface area (Å²) in [6, 6.07) is 15.6. The lowest BCUT2D eigenvalue weighted by Crippen LogP contribution is -2.41. The van der Waals surface area contributed by atoms with Crippen LogP contribution in [0, 0.1) is 0 Å². The second kappa shape index (κ2) is 8.61. The van der Waals surface area contributed by atoms with E-state index in [9.17, 15) is 14.7 Å². The number of amides is 1. The molecule has 2 aromatic rings. The highest BCUT2D eigenvalue weighted by Crippen LogP contribution is 2.34. The monoisotopic (exact) mass is 409 g/mol. The highest BCUT2D eigenvalue weighted by Gasteiger charge is 2.30. The predicted molar refractivity (Wildman–Crippen MR) is 115 cm³/mol. The molecule has 0 saturated heterocycles. The van der Waals surface area contributed by atoms with E-state index < -0.39 is 17.7 Å². The molecule has 2 aromatic carbocycles. The normalized spacial score (nSPS) is 14.5. The van der Waals surface area contributed by atoms with Crippen molar-refractivity contribution >= 4 is 17.6 Å². The molecule has 1 aliphatic rings. The van der Waals surface area contributed by atoms with Gasteiger partial charge in [-0.2, -0.15) is 0 Å². The molecule has 6 heteroatoms. The van der Waals surface area contributed by atoms with E-state index in [4.69, 9.17) is 9.47 Å². The summed E-state index contributed by atoms with van der Waals surface area (Å²) in [5.74, 6) is -0.388. The molecule has 1 aliphatic heterocycles. The van der Waals surface area contributed by atoms with Crippen molar-refractivity contribution in [2.24, 2.45) is 0 Å². The molecular formula is C24H27NO5. The van der Waals surface area contributed by atoms with Gasteiger partial charge in [0.05, 0.1) is 19.2 Å². The molecule has 0 fully saturated rings. The zero-order chi connectivity index (χ0) is 21.9. The van der Waals surface area contributed by atoms with Crippen LogP contribution < -0.4 is 4.74 Å². The van der Waals surface area contributed by atoms with Gasteiger partial charge < -0.3 is 19.5 Å². The van der Waals surface area contributed by atoms with Crippen LogP contribution in [0.2, 0.25) is 0 Å². The fourth-order valence-electron chi connectivity index (χ4n) is 3.45. The van der Waals surface area contributed by atoms with Crippen LogP contribution in [0.1, 0.15) is 32.8 Å². The van der Waals surface area contributed by atoms with Crippen LogP contribution >= 0.6 is 0 Å². The minimum Gasteiger partial charge on any atom is -0.497 e. The van der Waals surface area contributed by atoms with E-state index in [1.165, 1.54) is 4.90 Å². The Kier molecular flexibility index (Phi) is 6.15. The summed E-state index contributed by atoms with van der Waals surface area (Å²) in [5.41, 5.74) is 3.01. The first-order valence-electron chi connectivity index (χ1n) is 9.86. The van der Waals surface area contributed by atoms with Gasteiger partial charge in [0.1, 0.15) is 11.4 Å². The van der Waals surface area contributed by atoms with Gasteiger partial charge in [0, 0.05) is 6.54 Å². The quantitative estimate of drug-likeness (QED) is 0.782. The Morgan fingerprint density at radius 3 is 2.27 bits per heavy atom. The van der Waals surface area contributed by atoms with Crippen molar-refractivity contribution in [3.05, 3.63) is 59.7 Å². The van der Waals surface area contributed by atoms with Gasteiger partial charge in [0.25, 0.3) is 0 Å². The number of carboxylic acid groups (broad SMARTS) is 1. The Labute approximate surface area is 176 Å². The number of hydrogen-bond donors (Lipinski definition) is 1. The number of aliphatic carboxylic acids is 1. The van der Waals surface area contributed by atoms with Gasteiger partial charge in [-0.15, -0.1) is 0 Å². The maximum atomic E-state index is 12.4. The molecule has 0 unspecified atom stereocenters. The third-order valence-electron chi connectivity index (χ3n) is 4.85. The van der Waals surface area contributed by atoms with Gasteiger partial charge in [-0.1, -0.05) is 30.3 Å². The van der Waals surface area contributed by atoms with Gasteiger partial charge in [-0.3, -0.25) is 0 Å². The fraction of sp³-hybridized carbons (Fsp3) is 0.333. The molecule has 0 atom stereocenters. The molecule has 30 heavy (non-hydrogen) atoms. The fourth-order valence-corrected chi connectivity index (χ4v) is 3.45. The zero-order valence-corrected chi connectivity index (χ0v) is 17.8. The Morgan fingerprint density at radius 2 is 1.67 bits per heavy atom. The van der Waals surface area contributed by atoms with Crippen molar-refractivity contribution in [3.63, 3.8) is 0 Å². The van der Waals surface area contributed by atoms with E-state index >= 15 is 0 Å². The molecule has 6 nitrogen and oxygen atoms in total. The Morgan fingerprint density at radius 1 is 1.00 bits per heavy atom. The number of methoxy groups -OCH3 is 1. The Balaban J connectivity index is 2.00. The second-order valence-electron chi connectivity index (χ2n) is 8.23. The summed E-state index contributed by atoms with van der Waals surface area (Å²) in [6.45, 7) is 5.75. The number of benzene rings is 2. The van der Waals surface area contributed by atoms with Gasteiger partial charge in [-0.05, 0) is 67.7 Å². The van der Waals surface area contributed by atoms with E-state index in [-0.39, 0.29) is 12.1 Å². The molecule has 0 radical (unpaired) electrons. The topological polar surface area (TPSA) is 76.1 Å². The molecule has 0 aromatic heterocycles. The summed E-state index contributed by atoms with van der Waals surface area (Å²) in [5, 5.41) is 9.85. The number of carbonyl (C=O) groups is 2. The average molecular weight is 409 g/mol. The second-order valence-corrected chi connectivity index (χ2v) is 8.23. The van der Waals surface area contributed by atoms with Gasteiger partial charge in [-0.25, -0.2) is 9.59 Å². The SMILES string of the molecule is COc1cc(C2=C(C(=O)O)CN(C(=O)OC(C)(C)C)CC2)cc(-c2ccccc2)c1. The number of hydrogen-bond acceptors (Lipinski definition) is 4. The predicted octanol–water partition coefficient (Wildman–Crippen LogP) is 4.84. The molecule has 0 spiro atoms. The molecule has 0 saturated carbocycles. The van der Waals surface area contributed by atoms with E-state index in [1.807, 2.05) is 48.5 Å². The summed E-state index contributed by atoms with van der Waals surface area (Å²) in [4.78, 5) is 25.9. The van der Waals surface area contributed by atoms with Crippen LogP contribution in [0.15, 0.2) is 54.1 Å². The number of carboxylic acids is 1. The summed E-state index contributed by atoms with van der Waals surface area (Å²) < 4.78 is 10.9. The lowest BCUT2D eigenvalue weighted by Gasteiger charge is -2.31. The molecule has 3 rings (SSSR count). The first-order valence-corrected chi connectivity index (χ1v) is 9.86. The first kappa shape index (κ1) is 21.4. The average Bonchev–Trinajstić information content (AvgIpc) is 2.72. The van der Waals surface area contributed by atoms with Crippen molar-refractivity contribution in [1.82, 2.24) is 4.90 Å². The number of nitrogens with zero attached hydrogens (tertiary/aromatic N) is 1. The lowest BCUT2D eigenvalue weighted by atomic mass is 9.91. The molecule has 1 N–H and O–H groups in total. The molecule has 0 bridgehead atoms. The lowest BCUT2D eigenvalue weighted by molar-refractivity contribution is -0.132. The number of ether oxygens (including phenoxy) is 2. The van der Waals surface area contributed by atoms with Crippen molar-refractivity contribution in [2.45, 2.75) is 32.8 Å². The van der Waals surface area contributed by atoms with Crippen LogP contribution in [0.25, 0.3) is 16.7 Å². The standard InChI is InChI=1S/C24H27NO5/c1-24(2,3)30-23(28)25-11-10-20(21(15-25)22(26)27)18-12-17(13-19(14-18)29-4)16-8-6-5-7-9-16/h5-9,12-14H,10-11,15H2,1-4H3,(H,26,27). The molecule has 0 aliphatic carbocycles. The molecule has 158 valence electrons. The van der Waals surface area contributed by atoms with Gasteiger partial charge >= 0.3 is 12.1 Å². The van der Waals surface area contributed by atoms with Crippen LogP contribution in [0.3, 0.4) is 0 Å². The summed E-state index contributed by atoms with van der Waals surface area (Å²) in [6.07, 6.45) is -0.0849. The zero-order valence-electron chi connectivity index (χ0n) is 17.8. The van der Waals surface area contributed by atoms with E-state index in [1.54, 1.807) is 27.9 Å². The van der Waals surface area contributed by atoms with Crippen molar-refractivity contribution in [2.75, 3.05) is 20.2 Å². The van der Waals surface area contributed by atoms with Crippen LogP contribution in [-0.2, 0) is 9.53 Å². The third kappa shape index (κ3) is 5.00. The Hall–Kier alpha value is -3.28. The molecular weight excluding hydrogens is 382 g/mol. The minimum atomic E-state index is -1.04. The van der Waals surface area contributed by atoms with Crippen molar-refractivity contribution in [3.8, 4) is 16.9 Å². The van der Waals surface area contributed by atoms with Crippen LogP contribution in [0.4, 0.5) is 4.79 Å². The van der Waals surface area contributed by atoms with Gasteiger partial charge in [0.2, 0.25) is 0 Å². The highest BCUT2D eigenvalue weighted by molar-refractivity contribution is 5.98. The minimum absolute atomic E-state index is 0.00252. The first-order chi connectivity index (χ1) is 14.2. The van der Waals surface area contributed by atoms with E-state index in [0.717, 1.165) is 16.7 Å². The van der Waals surface area contributed by atoms with Gasteiger partial charge in [0.15, 0.2) is 0 Å². The highest BCUT2D eigenvalue weighted by atomic mass is 16.6. The van der Waals surface area contributed by atoms with Crippen LogP contribution in [-0.4, -0.2) is 47.9 Å². The maximum absolute atomic E-state index is 12.4. The smallest absolute Gasteiger partial charge is 0.410 e. The third-order valence-corrected chi connectivity index (χ3v) is 4.85. The molecule has 1 heterocycles.